The first-order chi connectivity index (χ1) is 11.6. The van der Waals surface area contributed by atoms with Crippen LogP contribution < -0.4 is 15.0 Å². The normalized spacial score (nSPS) is 18.7. The molecule has 1 aliphatic heterocycles. The molecule has 0 saturated carbocycles. The molecular formula is C16H17N3O3S2. The molecule has 0 radical (unpaired) electrons. The standard InChI is InChI=1S/C16H17N3O3S2/c1-19(15-17-6-9-23-15)7-8-22-12-4-2-11(3-5-12)10-13-14(20)18-16(21)24-13/h2-6,9-10,14,20H,7-8H2,1H3,(H,18,21)/b13-10-. The summed E-state index contributed by atoms with van der Waals surface area (Å²) in [6.45, 7) is 1.30. The highest BCUT2D eigenvalue weighted by molar-refractivity contribution is 8.17. The van der Waals surface area contributed by atoms with Gasteiger partial charge in [0.2, 0.25) is 0 Å². The quantitative estimate of drug-likeness (QED) is 0.822. The van der Waals surface area contributed by atoms with E-state index in [-0.39, 0.29) is 5.24 Å². The van der Waals surface area contributed by atoms with Crippen molar-refractivity contribution in [3.8, 4) is 5.75 Å². The van der Waals surface area contributed by atoms with E-state index in [1.807, 2.05) is 41.6 Å². The van der Waals surface area contributed by atoms with Crippen molar-refractivity contribution in [2.75, 3.05) is 25.1 Å². The number of rotatable bonds is 6. The Bertz CT molecular complexity index is 717. The zero-order valence-corrected chi connectivity index (χ0v) is 14.6. The number of aliphatic hydroxyl groups is 1. The van der Waals surface area contributed by atoms with Crippen LogP contribution in [0.5, 0.6) is 5.75 Å². The van der Waals surface area contributed by atoms with E-state index in [2.05, 4.69) is 10.3 Å². The van der Waals surface area contributed by atoms with Gasteiger partial charge in [-0.1, -0.05) is 12.1 Å². The van der Waals surface area contributed by atoms with Crippen molar-refractivity contribution in [2.45, 2.75) is 6.23 Å². The Hall–Kier alpha value is -2.03. The lowest BCUT2D eigenvalue weighted by atomic mass is 10.2. The molecule has 1 aromatic heterocycles. The summed E-state index contributed by atoms with van der Waals surface area (Å²) in [7, 11) is 1.98. The number of hydrogen-bond donors (Lipinski definition) is 2. The second-order valence-electron chi connectivity index (χ2n) is 5.14. The van der Waals surface area contributed by atoms with Gasteiger partial charge in [-0.3, -0.25) is 4.79 Å². The third-order valence-electron chi connectivity index (χ3n) is 3.36. The van der Waals surface area contributed by atoms with Crippen molar-refractivity contribution in [1.82, 2.24) is 10.3 Å². The minimum atomic E-state index is -0.917. The van der Waals surface area contributed by atoms with Gasteiger partial charge in [0.25, 0.3) is 5.24 Å². The number of amides is 1. The number of anilines is 1. The fourth-order valence-electron chi connectivity index (χ4n) is 2.11. The van der Waals surface area contributed by atoms with Crippen molar-refractivity contribution in [1.29, 1.82) is 0 Å². The molecule has 126 valence electrons. The minimum Gasteiger partial charge on any atom is -0.492 e. The maximum atomic E-state index is 11.2. The number of nitrogens with one attached hydrogen (secondary N) is 1. The third-order valence-corrected chi connectivity index (χ3v) is 5.13. The van der Waals surface area contributed by atoms with Gasteiger partial charge in [0.15, 0.2) is 11.4 Å². The largest absolute Gasteiger partial charge is 0.492 e. The van der Waals surface area contributed by atoms with Gasteiger partial charge in [0.1, 0.15) is 12.4 Å². The molecule has 0 aliphatic carbocycles. The van der Waals surface area contributed by atoms with Crippen LogP contribution in [0, 0.1) is 0 Å². The van der Waals surface area contributed by atoms with Gasteiger partial charge in [-0.25, -0.2) is 4.98 Å². The van der Waals surface area contributed by atoms with Gasteiger partial charge in [-0.05, 0) is 35.5 Å². The summed E-state index contributed by atoms with van der Waals surface area (Å²) in [4.78, 5) is 18.1. The summed E-state index contributed by atoms with van der Waals surface area (Å²) in [6, 6.07) is 7.53. The molecular weight excluding hydrogens is 346 g/mol. The summed E-state index contributed by atoms with van der Waals surface area (Å²) in [5, 5.41) is 14.8. The number of hydrogen-bond acceptors (Lipinski definition) is 7. The summed E-state index contributed by atoms with van der Waals surface area (Å²) >= 11 is 2.60. The van der Waals surface area contributed by atoms with Crippen LogP contribution in [0.3, 0.4) is 0 Å². The lowest BCUT2D eigenvalue weighted by Gasteiger charge is -2.16. The Balaban J connectivity index is 1.51. The number of thioether (sulfide) groups is 1. The van der Waals surface area contributed by atoms with E-state index in [0.717, 1.165) is 34.8 Å². The molecule has 2 heterocycles. The molecule has 24 heavy (non-hydrogen) atoms. The number of carbonyl (C=O) groups excluding carboxylic acids is 1. The fourth-order valence-corrected chi connectivity index (χ4v) is 3.50. The first kappa shape index (κ1) is 16.8. The number of carbonyl (C=O) groups is 1. The zero-order chi connectivity index (χ0) is 16.9. The first-order valence-corrected chi connectivity index (χ1v) is 9.03. The number of aliphatic hydroxyl groups excluding tert-OH is 1. The Labute approximate surface area is 148 Å². The van der Waals surface area contributed by atoms with Gasteiger partial charge >= 0.3 is 0 Å². The Morgan fingerprint density at radius 2 is 2.21 bits per heavy atom. The van der Waals surface area contributed by atoms with Crippen LogP contribution in [0.15, 0.2) is 40.7 Å². The summed E-state index contributed by atoms with van der Waals surface area (Å²) < 4.78 is 5.73. The highest BCUT2D eigenvalue weighted by atomic mass is 32.2. The van der Waals surface area contributed by atoms with Crippen molar-refractivity contribution >= 4 is 39.5 Å². The Morgan fingerprint density at radius 3 is 2.83 bits per heavy atom. The molecule has 1 amide bonds. The monoisotopic (exact) mass is 363 g/mol. The van der Waals surface area contributed by atoms with Crippen LogP contribution in [0.4, 0.5) is 9.93 Å². The number of aromatic nitrogens is 1. The van der Waals surface area contributed by atoms with Crippen LogP contribution in [0.2, 0.25) is 0 Å². The van der Waals surface area contributed by atoms with Crippen molar-refractivity contribution in [3.05, 3.63) is 46.3 Å². The van der Waals surface area contributed by atoms with Crippen LogP contribution in [0.1, 0.15) is 5.56 Å². The first-order valence-electron chi connectivity index (χ1n) is 7.33. The van der Waals surface area contributed by atoms with E-state index in [0.29, 0.717) is 11.5 Å². The minimum absolute atomic E-state index is 0.238. The van der Waals surface area contributed by atoms with E-state index < -0.39 is 6.23 Å². The smallest absolute Gasteiger partial charge is 0.285 e. The second kappa shape index (κ2) is 7.69. The second-order valence-corrected chi connectivity index (χ2v) is 7.06. The summed E-state index contributed by atoms with van der Waals surface area (Å²) in [5.41, 5.74) is 0.903. The van der Waals surface area contributed by atoms with Crippen molar-refractivity contribution in [3.63, 3.8) is 0 Å². The van der Waals surface area contributed by atoms with Crippen LogP contribution in [0.25, 0.3) is 6.08 Å². The van der Waals surface area contributed by atoms with Crippen LogP contribution in [-0.2, 0) is 0 Å². The number of nitrogens with zero attached hydrogens (tertiary/aromatic N) is 2. The Kier molecular flexibility index (Phi) is 5.39. The van der Waals surface area contributed by atoms with Crippen LogP contribution in [-0.4, -0.2) is 41.8 Å². The highest BCUT2D eigenvalue weighted by Gasteiger charge is 2.25. The molecule has 2 aromatic rings. The number of likely N-dealkylation sites (N-methyl/N-ethyl adjacent to an activating group) is 1. The van der Waals surface area contributed by atoms with Gasteiger partial charge in [0.05, 0.1) is 6.54 Å². The summed E-state index contributed by atoms with van der Waals surface area (Å²) in [5.74, 6) is 0.776. The van der Waals surface area contributed by atoms with Gasteiger partial charge in [0, 0.05) is 23.5 Å². The van der Waals surface area contributed by atoms with E-state index in [4.69, 9.17) is 4.74 Å². The molecule has 1 aliphatic rings. The molecule has 0 spiro atoms. The number of benzene rings is 1. The number of thiazole rings is 1. The van der Waals surface area contributed by atoms with Crippen molar-refractivity contribution < 1.29 is 14.6 Å². The molecule has 0 bridgehead atoms. The third kappa shape index (κ3) is 4.28. The Morgan fingerprint density at radius 1 is 1.42 bits per heavy atom. The average molecular weight is 363 g/mol. The molecule has 1 unspecified atom stereocenters. The zero-order valence-electron chi connectivity index (χ0n) is 13.0. The van der Waals surface area contributed by atoms with Crippen LogP contribution >= 0.6 is 23.1 Å². The van der Waals surface area contributed by atoms with Gasteiger partial charge in [-0.15, -0.1) is 11.3 Å². The molecule has 1 fully saturated rings. The average Bonchev–Trinajstić information content (AvgIpc) is 3.19. The molecule has 2 N–H and O–H groups in total. The van der Waals surface area contributed by atoms with E-state index >= 15 is 0 Å². The lowest BCUT2D eigenvalue weighted by molar-refractivity contribution is 0.192. The highest BCUT2D eigenvalue weighted by Crippen LogP contribution is 2.28. The molecule has 1 saturated heterocycles. The lowest BCUT2D eigenvalue weighted by Crippen LogP contribution is -2.24. The molecule has 3 rings (SSSR count). The SMILES string of the molecule is CN(CCOc1ccc(/C=C2\SC(=O)NC2O)cc1)c1nccs1. The molecule has 1 aromatic carbocycles. The summed E-state index contributed by atoms with van der Waals surface area (Å²) in [6.07, 6.45) is 2.65. The maximum Gasteiger partial charge on any atom is 0.285 e. The fraction of sp³-hybridized carbons (Fsp3) is 0.250. The van der Waals surface area contributed by atoms with E-state index in [1.54, 1.807) is 23.6 Å². The van der Waals surface area contributed by atoms with Gasteiger partial charge in [-0.2, -0.15) is 0 Å². The topological polar surface area (TPSA) is 74.7 Å². The molecule has 6 nitrogen and oxygen atoms in total. The molecule has 8 heteroatoms. The number of ether oxygens (including phenoxy) is 1. The van der Waals surface area contributed by atoms with E-state index in [9.17, 15) is 9.90 Å². The predicted molar refractivity (Wildman–Crippen MR) is 97.4 cm³/mol. The molecule has 1 atom stereocenters. The van der Waals surface area contributed by atoms with Gasteiger partial charge < -0.3 is 20.1 Å². The van der Waals surface area contributed by atoms with Crippen molar-refractivity contribution in [2.24, 2.45) is 0 Å². The van der Waals surface area contributed by atoms with E-state index in [1.165, 1.54) is 0 Å². The maximum absolute atomic E-state index is 11.2. The predicted octanol–water partition coefficient (Wildman–Crippen LogP) is 2.77.